The third-order valence-electron chi connectivity index (χ3n) is 4.08. The maximum atomic E-state index is 12.9. The van der Waals surface area contributed by atoms with E-state index in [2.05, 4.69) is 10.2 Å². The number of rotatable bonds is 4. The lowest BCUT2D eigenvalue weighted by molar-refractivity contribution is 0.596. The number of H-pyrrole nitrogens is 1. The summed E-state index contributed by atoms with van der Waals surface area (Å²) in [5.41, 5.74) is 4.55. The van der Waals surface area contributed by atoms with Gasteiger partial charge in [-0.25, -0.2) is 8.42 Å². The van der Waals surface area contributed by atoms with Gasteiger partial charge in [-0.05, 0) is 50.6 Å². The van der Waals surface area contributed by atoms with Crippen LogP contribution in [0.5, 0.6) is 0 Å². The molecule has 1 aromatic carbocycles. The van der Waals surface area contributed by atoms with Crippen LogP contribution in [-0.2, 0) is 10.0 Å². The number of aromatic nitrogens is 2. The molecule has 5 nitrogen and oxygen atoms in total. The minimum Gasteiger partial charge on any atom is -0.282 e. The van der Waals surface area contributed by atoms with Crippen molar-refractivity contribution in [2.24, 2.45) is 0 Å². The number of anilines is 1. The Kier molecular flexibility index (Phi) is 4.23. The fourth-order valence-corrected chi connectivity index (χ4v) is 5.06. The predicted molar refractivity (Wildman–Crippen MR) is 98.1 cm³/mol. The van der Waals surface area contributed by atoms with Crippen LogP contribution in [0.4, 0.5) is 5.69 Å². The molecule has 0 unspecified atom stereocenters. The predicted octanol–water partition coefficient (Wildman–Crippen LogP) is 3.89. The minimum absolute atomic E-state index is 0.306. The maximum Gasteiger partial charge on any atom is 0.273 e. The molecule has 126 valence electrons. The summed E-state index contributed by atoms with van der Waals surface area (Å²) in [4.78, 5) is 0.840. The van der Waals surface area contributed by atoms with Crippen molar-refractivity contribution in [3.63, 3.8) is 0 Å². The molecule has 0 radical (unpaired) electrons. The van der Waals surface area contributed by atoms with Crippen molar-refractivity contribution in [1.29, 1.82) is 0 Å². The van der Waals surface area contributed by atoms with Crippen molar-refractivity contribution < 1.29 is 8.42 Å². The van der Waals surface area contributed by atoms with Gasteiger partial charge in [-0.2, -0.15) is 5.10 Å². The standard InChI is InChI=1S/C17H19N3O2S2/c1-11-5-7-14(8-6-11)20(4)24(21,22)16-10-9-15(23-16)17-12(2)13(3)18-19-17/h5-10H,1-4H3,(H,18,19). The van der Waals surface area contributed by atoms with E-state index in [9.17, 15) is 8.42 Å². The summed E-state index contributed by atoms with van der Waals surface area (Å²) < 4.78 is 27.3. The van der Waals surface area contributed by atoms with Crippen LogP contribution < -0.4 is 4.31 Å². The average Bonchev–Trinajstić information content (AvgIpc) is 3.16. The van der Waals surface area contributed by atoms with Crippen LogP contribution in [-0.4, -0.2) is 25.7 Å². The van der Waals surface area contributed by atoms with E-state index in [1.807, 2.05) is 51.1 Å². The first-order valence-corrected chi connectivity index (χ1v) is 9.73. The molecule has 0 atom stereocenters. The Morgan fingerprint density at radius 2 is 1.71 bits per heavy atom. The summed E-state index contributed by atoms with van der Waals surface area (Å²) in [7, 11) is -2.01. The molecule has 2 aromatic heterocycles. The fraction of sp³-hybridized carbons (Fsp3) is 0.235. The zero-order valence-corrected chi connectivity index (χ0v) is 15.6. The molecule has 2 heterocycles. The van der Waals surface area contributed by atoms with E-state index in [1.54, 1.807) is 13.1 Å². The average molecular weight is 361 g/mol. The molecule has 7 heteroatoms. The zero-order chi connectivity index (χ0) is 17.5. The quantitative estimate of drug-likeness (QED) is 0.767. The first kappa shape index (κ1) is 16.7. The lowest BCUT2D eigenvalue weighted by Crippen LogP contribution is -2.25. The molecule has 0 aliphatic heterocycles. The number of benzene rings is 1. The number of sulfonamides is 1. The van der Waals surface area contributed by atoms with Crippen LogP contribution in [0, 0.1) is 20.8 Å². The highest BCUT2D eigenvalue weighted by Crippen LogP contribution is 2.34. The largest absolute Gasteiger partial charge is 0.282 e. The van der Waals surface area contributed by atoms with Gasteiger partial charge in [0.25, 0.3) is 10.0 Å². The lowest BCUT2D eigenvalue weighted by Gasteiger charge is -2.18. The van der Waals surface area contributed by atoms with Gasteiger partial charge in [0.15, 0.2) is 0 Å². The molecule has 0 fully saturated rings. The van der Waals surface area contributed by atoms with Crippen LogP contribution in [0.2, 0.25) is 0 Å². The normalized spacial score (nSPS) is 11.7. The zero-order valence-electron chi connectivity index (χ0n) is 14.0. The van der Waals surface area contributed by atoms with Crippen molar-refractivity contribution in [2.45, 2.75) is 25.0 Å². The van der Waals surface area contributed by atoms with E-state index in [-0.39, 0.29) is 0 Å². The Bertz CT molecular complexity index is 970. The number of aryl methyl sites for hydroxylation is 2. The summed E-state index contributed by atoms with van der Waals surface area (Å²) in [6, 6.07) is 10.9. The van der Waals surface area contributed by atoms with Crippen LogP contribution in [0.1, 0.15) is 16.8 Å². The molecule has 0 bridgehead atoms. The third-order valence-corrected chi connectivity index (χ3v) is 7.43. The number of aromatic amines is 1. The molecule has 0 amide bonds. The van der Waals surface area contributed by atoms with Crippen molar-refractivity contribution in [2.75, 3.05) is 11.4 Å². The molecule has 0 spiro atoms. The molecule has 0 saturated heterocycles. The van der Waals surface area contributed by atoms with Crippen molar-refractivity contribution in [3.05, 3.63) is 53.2 Å². The van der Waals surface area contributed by atoms with Gasteiger partial charge >= 0.3 is 0 Å². The highest BCUT2D eigenvalue weighted by Gasteiger charge is 2.24. The summed E-state index contributed by atoms with van der Waals surface area (Å²) in [5.74, 6) is 0. The van der Waals surface area contributed by atoms with Gasteiger partial charge in [-0.1, -0.05) is 17.7 Å². The second kappa shape index (κ2) is 6.07. The highest BCUT2D eigenvalue weighted by atomic mass is 32.2. The molecular formula is C17H19N3O2S2. The van der Waals surface area contributed by atoms with E-state index < -0.39 is 10.0 Å². The molecule has 0 aliphatic rings. The Hall–Kier alpha value is -2.12. The van der Waals surface area contributed by atoms with E-state index >= 15 is 0 Å². The fourth-order valence-electron chi connectivity index (χ4n) is 2.34. The molecule has 3 rings (SSSR count). The first-order chi connectivity index (χ1) is 11.3. The molecule has 1 N–H and O–H groups in total. The second-order valence-electron chi connectivity index (χ2n) is 5.75. The summed E-state index contributed by atoms with van der Waals surface area (Å²) >= 11 is 1.23. The number of thiophene rings is 1. The smallest absolute Gasteiger partial charge is 0.273 e. The van der Waals surface area contributed by atoms with E-state index in [0.717, 1.165) is 27.4 Å². The van der Waals surface area contributed by atoms with Crippen LogP contribution in [0.3, 0.4) is 0 Å². The Morgan fingerprint density at radius 3 is 2.29 bits per heavy atom. The molecule has 3 aromatic rings. The van der Waals surface area contributed by atoms with Crippen LogP contribution >= 0.6 is 11.3 Å². The number of nitrogens with one attached hydrogen (secondary N) is 1. The maximum absolute atomic E-state index is 12.9. The first-order valence-electron chi connectivity index (χ1n) is 7.48. The summed E-state index contributed by atoms with van der Waals surface area (Å²) in [5, 5.41) is 7.20. The Labute approximate surface area is 146 Å². The van der Waals surface area contributed by atoms with E-state index in [0.29, 0.717) is 9.90 Å². The molecular weight excluding hydrogens is 342 g/mol. The topological polar surface area (TPSA) is 66.1 Å². The van der Waals surface area contributed by atoms with Gasteiger partial charge in [-0.3, -0.25) is 9.40 Å². The molecule has 24 heavy (non-hydrogen) atoms. The highest BCUT2D eigenvalue weighted by molar-refractivity contribution is 7.94. The SMILES string of the molecule is Cc1ccc(N(C)S(=O)(=O)c2ccc(-c3n[nH]c(C)c3C)s2)cc1. The number of hydrogen-bond acceptors (Lipinski definition) is 4. The van der Waals surface area contributed by atoms with Gasteiger partial charge in [0.05, 0.1) is 10.6 Å². The second-order valence-corrected chi connectivity index (χ2v) is 9.03. The summed E-state index contributed by atoms with van der Waals surface area (Å²) in [6.45, 7) is 5.89. The van der Waals surface area contributed by atoms with Gasteiger partial charge < -0.3 is 0 Å². The van der Waals surface area contributed by atoms with Crippen LogP contribution in [0.15, 0.2) is 40.6 Å². The Balaban J connectivity index is 1.96. The van der Waals surface area contributed by atoms with Crippen molar-refractivity contribution in [1.82, 2.24) is 10.2 Å². The van der Waals surface area contributed by atoms with Gasteiger partial charge in [0, 0.05) is 12.7 Å². The van der Waals surface area contributed by atoms with Gasteiger partial charge in [-0.15, -0.1) is 11.3 Å². The van der Waals surface area contributed by atoms with E-state index in [1.165, 1.54) is 15.6 Å². The van der Waals surface area contributed by atoms with Gasteiger partial charge in [0.1, 0.15) is 9.90 Å². The third kappa shape index (κ3) is 2.85. The van der Waals surface area contributed by atoms with E-state index in [4.69, 9.17) is 0 Å². The lowest BCUT2D eigenvalue weighted by atomic mass is 10.2. The van der Waals surface area contributed by atoms with Crippen molar-refractivity contribution in [3.8, 4) is 10.6 Å². The van der Waals surface area contributed by atoms with Gasteiger partial charge in [0.2, 0.25) is 0 Å². The van der Waals surface area contributed by atoms with Crippen molar-refractivity contribution >= 4 is 27.0 Å². The number of nitrogens with zero attached hydrogens (tertiary/aromatic N) is 2. The minimum atomic E-state index is -3.58. The molecule has 0 aliphatic carbocycles. The van der Waals surface area contributed by atoms with Crippen LogP contribution in [0.25, 0.3) is 10.6 Å². The Morgan fingerprint density at radius 1 is 1.04 bits per heavy atom. The molecule has 0 saturated carbocycles. The monoisotopic (exact) mass is 361 g/mol. The summed E-state index contributed by atoms with van der Waals surface area (Å²) in [6.07, 6.45) is 0. The number of hydrogen-bond donors (Lipinski definition) is 1.